The highest BCUT2D eigenvalue weighted by Crippen LogP contribution is 2.23. The molecule has 1 unspecified atom stereocenters. The van der Waals surface area contributed by atoms with Crippen LogP contribution in [-0.4, -0.2) is 30.8 Å². The van der Waals surface area contributed by atoms with Gasteiger partial charge in [-0.25, -0.2) is 0 Å². The lowest BCUT2D eigenvalue weighted by Gasteiger charge is -2.31. The maximum absolute atomic E-state index is 11.2. The van der Waals surface area contributed by atoms with Gasteiger partial charge in [0.1, 0.15) is 0 Å². The van der Waals surface area contributed by atoms with Crippen molar-refractivity contribution in [3.05, 3.63) is 21.9 Å². The maximum Gasteiger partial charge on any atom is 0.310 e. The fourth-order valence-electron chi connectivity index (χ4n) is 2.02. The third kappa shape index (κ3) is 5.61. The van der Waals surface area contributed by atoms with Crippen LogP contribution in [0.4, 0.5) is 0 Å². The first-order valence-corrected chi connectivity index (χ1v) is 7.67. The zero-order chi connectivity index (χ0) is 15.2. The molecule has 0 aliphatic carbocycles. The zero-order valence-electron chi connectivity index (χ0n) is 12.7. The fraction of sp³-hybridized carbons (Fsp3) is 0.667. The van der Waals surface area contributed by atoms with Gasteiger partial charge < -0.3 is 15.2 Å². The summed E-state index contributed by atoms with van der Waals surface area (Å²) in [6.07, 6.45) is 1.07. The minimum atomic E-state index is -0.209. The SMILES string of the molecule is COC(=O)Cc1ccc(CNC(CCO)C(C)(C)C)s1. The second kappa shape index (κ2) is 7.76. The fourth-order valence-corrected chi connectivity index (χ4v) is 2.98. The van der Waals surface area contributed by atoms with Crippen molar-refractivity contribution in [1.82, 2.24) is 5.32 Å². The third-order valence-electron chi connectivity index (χ3n) is 3.25. The molecule has 5 heteroatoms. The largest absolute Gasteiger partial charge is 0.469 e. The van der Waals surface area contributed by atoms with Crippen molar-refractivity contribution in [3.63, 3.8) is 0 Å². The monoisotopic (exact) mass is 299 g/mol. The van der Waals surface area contributed by atoms with E-state index in [9.17, 15) is 4.79 Å². The molecule has 0 amide bonds. The van der Waals surface area contributed by atoms with E-state index in [4.69, 9.17) is 5.11 Å². The average Bonchev–Trinajstić information content (AvgIpc) is 2.80. The summed E-state index contributed by atoms with van der Waals surface area (Å²) in [6.45, 7) is 7.44. The molecule has 20 heavy (non-hydrogen) atoms. The summed E-state index contributed by atoms with van der Waals surface area (Å²) >= 11 is 1.62. The summed E-state index contributed by atoms with van der Waals surface area (Å²) in [5.41, 5.74) is 0.106. The van der Waals surface area contributed by atoms with E-state index in [0.717, 1.165) is 17.8 Å². The van der Waals surface area contributed by atoms with Gasteiger partial charge in [-0.15, -0.1) is 11.3 Å². The third-order valence-corrected chi connectivity index (χ3v) is 4.33. The van der Waals surface area contributed by atoms with Gasteiger partial charge in [-0.3, -0.25) is 4.79 Å². The highest BCUT2D eigenvalue weighted by atomic mass is 32.1. The average molecular weight is 299 g/mol. The topological polar surface area (TPSA) is 58.6 Å². The van der Waals surface area contributed by atoms with E-state index in [1.807, 2.05) is 12.1 Å². The Labute approximate surface area is 125 Å². The second-order valence-corrected chi connectivity index (χ2v) is 7.19. The molecule has 1 rings (SSSR count). The van der Waals surface area contributed by atoms with Crippen molar-refractivity contribution in [3.8, 4) is 0 Å². The van der Waals surface area contributed by atoms with Crippen molar-refractivity contribution in [1.29, 1.82) is 0 Å². The molecular weight excluding hydrogens is 274 g/mol. The van der Waals surface area contributed by atoms with Crippen LogP contribution in [0.5, 0.6) is 0 Å². The van der Waals surface area contributed by atoms with E-state index >= 15 is 0 Å². The van der Waals surface area contributed by atoms with Gasteiger partial charge in [0, 0.05) is 28.9 Å². The normalized spacial score (nSPS) is 13.2. The molecule has 1 atom stereocenters. The molecule has 1 heterocycles. The van der Waals surface area contributed by atoms with E-state index in [1.54, 1.807) is 11.3 Å². The molecule has 114 valence electrons. The summed E-state index contributed by atoms with van der Waals surface area (Å²) < 4.78 is 4.66. The smallest absolute Gasteiger partial charge is 0.310 e. The van der Waals surface area contributed by atoms with Crippen LogP contribution in [0, 0.1) is 5.41 Å². The molecule has 0 aliphatic heterocycles. The standard InChI is InChI=1S/C15H25NO3S/c1-15(2,3)13(7-8-17)16-10-12-6-5-11(20-12)9-14(18)19-4/h5-6,13,16-17H,7-10H2,1-4H3. The Hall–Kier alpha value is -0.910. The first-order chi connectivity index (χ1) is 9.36. The van der Waals surface area contributed by atoms with E-state index in [2.05, 4.69) is 30.8 Å². The molecule has 0 radical (unpaired) electrons. The van der Waals surface area contributed by atoms with Gasteiger partial charge in [0.2, 0.25) is 0 Å². The van der Waals surface area contributed by atoms with Gasteiger partial charge in [0.05, 0.1) is 13.5 Å². The van der Waals surface area contributed by atoms with Crippen LogP contribution in [0.15, 0.2) is 12.1 Å². The Balaban J connectivity index is 2.54. The van der Waals surface area contributed by atoms with Crippen molar-refractivity contribution in [2.45, 2.75) is 46.2 Å². The summed E-state index contributed by atoms with van der Waals surface area (Å²) in [5, 5.41) is 12.6. The van der Waals surface area contributed by atoms with Crippen molar-refractivity contribution >= 4 is 17.3 Å². The molecule has 0 bridgehead atoms. The first kappa shape index (κ1) is 17.1. The Morgan fingerprint density at radius 2 is 2.05 bits per heavy atom. The van der Waals surface area contributed by atoms with Gasteiger partial charge in [-0.05, 0) is 24.0 Å². The lowest BCUT2D eigenvalue weighted by Crippen LogP contribution is -2.40. The highest BCUT2D eigenvalue weighted by Gasteiger charge is 2.23. The number of carbonyl (C=O) groups excluding carboxylic acids is 1. The number of hydrogen-bond donors (Lipinski definition) is 2. The second-order valence-electron chi connectivity index (χ2n) is 5.93. The van der Waals surface area contributed by atoms with Gasteiger partial charge in [-0.1, -0.05) is 20.8 Å². The Morgan fingerprint density at radius 1 is 1.40 bits per heavy atom. The van der Waals surface area contributed by atoms with Gasteiger partial charge in [-0.2, -0.15) is 0 Å². The molecule has 2 N–H and O–H groups in total. The number of ether oxygens (including phenoxy) is 1. The Kier molecular flexibility index (Phi) is 6.65. The summed E-state index contributed by atoms with van der Waals surface area (Å²) in [4.78, 5) is 13.4. The van der Waals surface area contributed by atoms with Crippen LogP contribution < -0.4 is 5.32 Å². The maximum atomic E-state index is 11.2. The number of carbonyl (C=O) groups is 1. The van der Waals surface area contributed by atoms with Crippen LogP contribution in [-0.2, 0) is 22.5 Å². The van der Waals surface area contributed by atoms with Crippen LogP contribution in [0.25, 0.3) is 0 Å². The Morgan fingerprint density at radius 3 is 2.60 bits per heavy atom. The van der Waals surface area contributed by atoms with E-state index < -0.39 is 0 Å². The molecule has 0 spiro atoms. The van der Waals surface area contributed by atoms with Crippen molar-refractivity contribution in [2.24, 2.45) is 5.41 Å². The van der Waals surface area contributed by atoms with Crippen molar-refractivity contribution < 1.29 is 14.6 Å². The van der Waals surface area contributed by atoms with Crippen LogP contribution >= 0.6 is 11.3 Å². The number of hydrogen-bond acceptors (Lipinski definition) is 5. The zero-order valence-corrected chi connectivity index (χ0v) is 13.5. The highest BCUT2D eigenvalue weighted by molar-refractivity contribution is 7.12. The molecule has 0 aromatic carbocycles. The number of aliphatic hydroxyl groups excluding tert-OH is 1. The van der Waals surface area contributed by atoms with Gasteiger partial charge in [0.15, 0.2) is 0 Å². The van der Waals surface area contributed by atoms with Gasteiger partial charge >= 0.3 is 5.97 Å². The predicted molar refractivity (Wildman–Crippen MR) is 81.8 cm³/mol. The number of esters is 1. The van der Waals surface area contributed by atoms with Crippen LogP contribution in [0.3, 0.4) is 0 Å². The Bertz CT molecular complexity index is 423. The molecule has 0 saturated heterocycles. The molecule has 0 saturated carbocycles. The minimum absolute atomic E-state index is 0.106. The van der Waals surface area contributed by atoms with Gasteiger partial charge in [0.25, 0.3) is 0 Å². The van der Waals surface area contributed by atoms with E-state index in [1.165, 1.54) is 12.0 Å². The molecular formula is C15H25NO3S. The van der Waals surface area contributed by atoms with E-state index in [-0.39, 0.29) is 24.0 Å². The molecule has 1 aromatic rings. The van der Waals surface area contributed by atoms with Crippen molar-refractivity contribution in [2.75, 3.05) is 13.7 Å². The van der Waals surface area contributed by atoms with E-state index in [0.29, 0.717) is 6.42 Å². The van der Waals surface area contributed by atoms with Crippen LogP contribution in [0.1, 0.15) is 36.9 Å². The lowest BCUT2D eigenvalue weighted by molar-refractivity contribution is -0.139. The summed E-state index contributed by atoms with van der Waals surface area (Å²) in [5.74, 6) is -0.209. The number of aliphatic hydroxyl groups is 1. The number of thiophene rings is 1. The lowest BCUT2D eigenvalue weighted by atomic mass is 9.85. The predicted octanol–water partition coefficient (Wildman–Crippen LogP) is 2.35. The van der Waals surface area contributed by atoms with Crippen LogP contribution in [0.2, 0.25) is 0 Å². The summed E-state index contributed by atoms with van der Waals surface area (Å²) in [7, 11) is 1.40. The minimum Gasteiger partial charge on any atom is -0.469 e. The summed E-state index contributed by atoms with van der Waals surface area (Å²) in [6, 6.07) is 4.27. The molecule has 4 nitrogen and oxygen atoms in total. The quantitative estimate of drug-likeness (QED) is 0.759. The molecule has 0 fully saturated rings. The molecule has 0 aliphatic rings. The number of rotatable bonds is 7. The first-order valence-electron chi connectivity index (χ1n) is 6.85. The number of methoxy groups -OCH3 is 1. The number of nitrogens with one attached hydrogen (secondary N) is 1. The molecule has 1 aromatic heterocycles.